The van der Waals surface area contributed by atoms with E-state index < -0.39 is 40.1 Å². The smallest absolute Gasteiger partial charge is 0.328 e. The minimum Gasteiger partial charge on any atom is -0.480 e. The molecule has 1 fully saturated rings. The van der Waals surface area contributed by atoms with Crippen molar-refractivity contribution in [3.05, 3.63) is 39.6 Å². The lowest BCUT2D eigenvalue weighted by Gasteiger charge is -2.22. The number of nitrogens with zero attached hydrogens (tertiary/aromatic N) is 1. The first-order chi connectivity index (χ1) is 14.4. The van der Waals surface area contributed by atoms with Gasteiger partial charge in [-0.3, -0.25) is 14.9 Å². The third-order valence-electron chi connectivity index (χ3n) is 4.85. The number of carboxylic acids is 2. The van der Waals surface area contributed by atoms with Gasteiger partial charge in [0.15, 0.2) is 6.04 Å². The summed E-state index contributed by atoms with van der Waals surface area (Å²) < 4.78 is 4.36. The summed E-state index contributed by atoms with van der Waals surface area (Å²) in [6, 6.07) is 2.36. The molecule has 9 nitrogen and oxygen atoms in total. The number of thioether (sulfide) groups is 1. The molecule has 1 saturated heterocycles. The summed E-state index contributed by atoms with van der Waals surface area (Å²) in [4.78, 5) is 36.5. The number of hydrogen-bond acceptors (Lipinski definition) is 7. The molecule has 0 unspecified atom stereocenters. The van der Waals surface area contributed by atoms with Crippen LogP contribution in [0.4, 0.5) is 0 Å². The lowest BCUT2D eigenvalue weighted by molar-refractivity contribution is -0.142. The lowest BCUT2D eigenvalue weighted by Crippen LogP contribution is -2.53. The minimum absolute atomic E-state index is 0.0155. The first kappa shape index (κ1) is 23.4. The fourth-order valence-electron chi connectivity index (χ4n) is 3.34. The van der Waals surface area contributed by atoms with E-state index in [1.807, 2.05) is 0 Å². The summed E-state index contributed by atoms with van der Waals surface area (Å²) in [6.07, 6.45) is 0. The highest BCUT2D eigenvalue weighted by atomic mass is 35.5. The standard InChI is InChI=1S/C19H19Cl2N3O6S/c1-7-10(12(24-30-7)11-8(20)5-4-6-9(11)21)15(25)22-13(17(26)27)16-23-14(18(28)29)19(2,3)31-16/h4-6,13-14,16,23H,1-3H3,(H,22,25)(H,26,27)(H,28,29)/t13-,14-,16+/m0/s1. The van der Waals surface area contributed by atoms with Crippen LogP contribution in [0.5, 0.6) is 0 Å². The molecule has 0 saturated carbocycles. The van der Waals surface area contributed by atoms with Crippen molar-refractivity contribution < 1.29 is 29.1 Å². The van der Waals surface area contributed by atoms with Crippen molar-refractivity contribution in [1.29, 1.82) is 0 Å². The number of aliphatic carboxylic acids is 2. The molecule has 1 aromatic carbocycles. The van der Waals surface area contributed by atoms with Gasteiger partial charge in [0.2, 0.25) is 0 Å². The number of halogens is 2. The van der Waals surface area contributed by atoms with Gasteiger partial charge in [0, 0.05) is 10.3 Å². The Bertz CT molecular complexity index is 1040. The summed E-state index contributed by atoms with van der Waals surface area (Å²) in [7, 11) is 0. The highest BCUT2D eigenvalue weighted by molar-refractivity contribution is 8.01. The molecule has 3 atom stereocenters. The number of rotatable bonds is 6. The predicted molar refractivity (Wildman–Crippen MR) is 116 cm³/mol. The maximum Gasteiger partial charge on any atom is 0.328 e. The normalized spacial score (nSPS) is 20.9. The minimum atomic E-state index is -1.43. The van der Waals surface area contributed by atoms with Gasteiger partial charge in [0.25, 0.3) is 5.91 Å². The molecule has 12 heteroatoms. The van der Waals surface area contributed by atoms with Crippen molar-refractivity contribution in [2.45, 2.75) is 43.0 Å². The van der Waals surface area contributed by atoms with Crippen LogP contribution in [0.2, 0.25) is 10.0 Å². The topological polar surface area (TPSA) is 142 Å². The maximum absolute atomic E-state index is 13.1. The molecular weight excluding hydrogens is 469 g/mol. The molecule has 31 heavy (non-hydrogen) atoms. The van der Waals surface area contributed by atoms with Gasteiger partial charge in [-0.25, -0.2) is 4.79 Å². The molecule has 1 aliphatic rings. The largest absolute Gasteiger partial charge is 0.480 e. The zero-order valence-electron chi connectivity index (χ0n) is 16.6. The molecule has 1 amide bonds. The first-order valence-electron chi connectivity index (χ1n) is 9.05. The number of carbonyl (C=O) groups is 3. The van der Waals surface area contributed by atoms with E-state index in [9.17, 15) is 24.6 Å². The van der Waals surface area contributed by atoms with Crippen LogP contribution in [0.1, 0.15) is 30.0 Å². The Morgan fingerprint density at radius 2 is 1.87 bits per heavy atom. The Morgan fingerprint density at radius 1 is 1.26 bits per heavy atom. The third kappa shape index (κ3) is 4.52. The van der Waals surface area contributed by atoms with Gasteiger partial charge < -0.3 is 20.1 Å². The SMILES string of the molecule is Cc1onc(-c2c(Cl)cccc2Cl)c1C(=O)N[C@H](C(=O)O)[C@@H]1N[C@@H](C(=O)O)C(C)(C)S1. The van der Waals surface area contributed by atoms with Crippen LogP contribution in [0, 0.1) is 6.92 Å². The Morgan fingerprint density at radius 3 is 2.39 bits per heavy atom. The van der Waals surface area contributed by atoms with E-state index in [1.54, 1.807) is 32.0 Å². The molecule has 0 aliphatic carbocycles. The van der Waals surface area contributed by atoms with Gasteiger partial charge in [-0.2, -0.15) is 0 Å². The molecule has 0 radical (unpaired) electrons. The zero-order chi connectivity index (χ0) is 23.1. The fraction of sp³-hybridized carbons (Fsp3) is 0.368. The van der Waals surface area contributed by atoms with Crippen LogP contribution in [-0.2, 0) is 9.59 Å². The molecule has 3 rings (SSSR count). The molecule has 0 bridgehead atoms. The number of amides is 1. The number of aromatic nitrogens is 1. The van der Waals surface area contributed by atoms with Gasteiger partial charge >= 0.3 is 11.9 Å². The Hall–Kier alpha value is -2.27. The second-order valence-corrected chi connectivity index (χ2v) is 10.0. The van der Waals surface area contributed by atoms with E-state index in [0.717, 1.165) is 11.8 Å². The summed E-state index contributed by atoms with van der Waals surface area (Å²) in [5.41, 5.74) is 0.337. The summed E-state index contributed by atoms with van der Waals surface area (Å²) in [5, 5.41) is 27.8. The summed E-state index contributed by atoms with van der Waals surface area (Å²) >= 11 is 13.6. The number of carbonyl (C=O) groups excluding carboxylic acids is 1. The van der Waals surface area contributed by atoms with E-state index >= 15 is 0 Å². The van der Waals surface area contributed by atoms with Crippen LogP contribution in [0.15, 0.2) is 22.7 Å². The number of carboxylic acid groups (broad SMARTS) is 2. The molecule has 2 aromatic rings. The number of benzene rings is 1. The van der Waals surface area contributed by atoms with E-state index in [0.29, 0.717) is 0 Å². The van der Waals surface area contributed by atoms with E-state index in [1.165, 1.54) is 6.92 Å². The summed E-state index contributed by atoms with van der Waals surface area (Å²) in [5.74, 6) is -3.06. The lowest BCUT2D eigenvalue weighted by atomic mass is 10.0. The van der Waals surface area contributed by atoms with Crippen molar-refractivity contribution in [1.82, 2.24) is 15.8 Å². The quantitative estimate of drug-likeness (QED) is 0.483. The van der Waals surface area contributed by atoms with E-state index in [-0.39, 0.29) is 32.6 Å². The number of aryl methyl sites for hydroxylation is 1. The average Bonchev–Trinajstić information content (AvgIpc) is 3.18. The Kier molecular flexibility index (Phi) is 6.56. The average molecular weight is 488 g/mol. The molecule has 2 heterocycles. The Labute approximate surface area is 191 Å². The number of hydrogen-bond donors (Lipinski definition) is 4. The predicted octanol–water partition coefficient (Wildman–Crippen LogP) is 3.03. The van der Waals surface area contributed by atoms with Gasteiger partial charge in [-0.1, -0.05) is 34.4 Å². The van der Waals surface area contributed by atoms with Crippen molar-refractivity contribution in [2.24, 2.45) is 0 Å². The van der Waals surface area contributed by atoms with Crippen molar-refractivity contribution in [2.75, 3.05) is 0 Å². The number of nitrogens with one attached hydrogen (secondary N) is 2. The van der Waals surface area contributed by atoms with Crippen LogP contribution >= 0.6 is 35.0 Å². The van der Waals surface area contributed by atoms with Gasteiger partial charge in [0.05, 0.1) is 15.4 Å². The van der Waals surface area contributed by atoms with Crippen LogP contribution in [0.25, 0.3) is 11.3 Å². The zero-order valence-corrected chi connectivity index (χ0v) is 18.9. The maximum atomic E-state index is 13.1. The molecule has 166 valence electrons. The second kappa shape index (κ2) is 8.70. The van der Waals surface area contributed by atoms with E-state index in [4.69, 9.17) is 27.7 Å². The second-order valence-electron chi connectivity index (χ2n) is 7.43. The fourth-order valence-corrected chi connectivity index (χ4v) is 5.40. The molecule has 1 aliphatic heterocycles. The molecule has 0 spiro atoms. The van der Waals surface area contributed by atoms with E-state index in [2.05, 4.69) is 15.8 Å². The highest BCUT2D eigenvalue weighted by Crippen LogP contribution is 2.40. The van der Waals surface area contributed by atoms with Crippen molar-refractivity contribution in [3.63, 3.8) is 0 Å². The van der Waals surface area contributed by atoms with Crippen LogP contribution in [0.3, 0.4) is 0 Å². The Balaban J connectivity index is 1.93. The summed E-state index contributed by atoms with van der Waals surface area (Å²) in [6.45, 7) is 4.87. The molecular formula is C19H19Cl2N3O6S. The monoisotopic (exact) mass is 487 g/mol. The van der Waals surface area contributed by atoms with Gasteiger partial charge in [-0.05, 0) is 32.9 Å². The van der Waals surface area contributed by atoms with Gasteiger partial charge in [0.1, 0.15) is 23.1 Å². The molecule has 1 aromatic heterocycles. The van der Waals surface area contributed by atoms with Crippen molar-refractivity contribution in [3.8, 4) is 11.3 Å². The molecule has 4 N–H and O–H groups in total. The highest BCUT2D eigenvalue weighted by Gasteiger charge is 2.49. The third-order valence-corrected chi connectivity index (χ3v) is 6.98. The van der Waals surface area contributed by atoms with Crippen molar-refractivity contribution >= 4 is 52.8 Å². The first-order valence-corrected chi connectivity index (χ1v) is 10.7. The van der Waals surface area contributed by atoms with Crippen LogP contribution in [-0.4, -0.2) is 55.4 Å². The van der Waals surface area contributed by atoms with Crippen LogP contribution < -0.4 is 10.6 Å². The van der Waals surface area contributed by atoms with Gasteiger partial charge in [-0.15, -0.1) is 11.8 Å².